The number of hydrogen-bond donors (Lipinski definition) is 1. The van der Waals surface area contributed by atoms with E-state index in [9.17, 15) is 9.90 Å². The predicted molar refractivity (Wildman–Crippen MR) is 87.5 cm³/mol. The zero-order chi connectivity index (χ0) is 15.8. The minimum Gasteiger partial charge on any atom is -0.481 e. The fourth-order valence-electron chi connectivity index (χ4n) is 8.06. The van der Waals surface area contributed by atoms with Crippen LogP contribution in [0.5, 0.6) is 0 Å². The summed E-state index contributed by atoms with van der Waals surface area (Å²) in [5, 5.41) is 9.63. The van der Waals surface area contributed by atoms with Crippen molar-refractivity contribution in [3.63, 3.8) is 0 Å². The van der Waals surface area contributed by atoms with Crippen LogP contribution in [-0.4, -0.2) is 11.1 Å². The summed E-state index contributed by atoms with van der Waals surface area (Å²) in [6.07, 6.45) is 11.5. The molecule has 0 amide bonds. The normalized spacial score (nSPS) is 52.7. The average Bonchev–Trinajstić information content (AvgIpc) is 2.69. The van der Waals surface area contributed by atoms with Gasteiger partial charge in [-0.2, -0.15) is 0 Å². The van der Waals surface area contributed by atoms with Crippen molar-refractivity contribution in [2.75, 3.05) is 0 Å². The van der Waals surface area contributed by atoms with E-state index in [1.54, 1.807) is 0 Å². The van der Waals surface area contributed by atoms with Gasteiger partial charge in [0.2, 0.25) is 0 Å². The SMILES string of the molecule is CC1(C)CCC[C@]2(C)[C@@H]1CC[C@@]13C[C@H](CC[C@H]12)[C@H](C(=O)O)C3. The zero-order valence-corrected chi connectivity index (χ0v) is 14.5. The van der Waals surface area contributed by atoms with Crippen molar-refractivity contribution in [3.8, 4) is 0 Å². The van der Waals surface area contributed by atoms with E-state index in [2.05, 4.69) is 20.8 Å². The first-order valence-corrected chi connectivity index (χ1v) is 9.51. The molecule has 0 aromatic heterocycles. The Bertz CT molecular complexity index is 496. The third-order valence-electron chi connectivity index (χ3n) is 8.75. The lowest BCUT2D eigenvalue weighted by molar-refractivity contribution is -0.146. The highest BCUT2D eigenvalue weighted by atomic mass is 16.4. The molecule has 1 spiro atoms. The van der Waals surface area contributed by atoms with Crippen molar-refractivity contribution >= 4 is 5.97 Å². The second-order valence-corrected chi connectivity index (χ2v) is 10.0. The first-order valence-electron chi connectivity index (χ1n) is 9.51. The second kappa shape index (κ2) is 4.51. The molecule has 4 aliphatic rings. The van der Waals surface area contributed by atoms with Gasteiger partial charge in [0.05, 0.1) is 5.92 Å². The van der Waals surface area contributed by atoms with Gasteiger partial charge >= 0.3 is 5.97 Å². The number of fused-ring (bicyclic) bond motifs is 3. The molecular weight excluding hydrogens is 272 g/mol. The van der Waals surface area contributed by atoms with E-state index in [-0.39, 0.29) is 5.92 Å². The standard InChI is InChI=1S/C20H32O2/c1-18(2)8-4-9-19(3)15(18)7-10-20-11-13(5-6-16(19)20)14(12-20)17(21)22/h13-16H,4-12H2,1-3H3,(H,21,22)/t13-,14+,15+,16-,19+,20-/m0/s1. The fourth-order valence-corrected chi connectivity index (χ4v) is 8.06. The summed E-state index contributed by atoms with van der Waals surface area (Å²) in [6.45, 7) is 7.57. The highest BCUT2D eigenvalue weighted by Crippen LogP contribution is 2.72. The van der Waals surface area contributed by atoms with Crippen LogP contribution in [0.2, 0.25) is 0 Å². The fraction of sp³-hybridized carbons (Fsp3) is 0.950. The van der Waals surface area contributed by atoms with Gasteiger partial charge in [-0.3, -0.25) is 4.79 Å². The van der Waals surface area contributed by atoms with Crippen LogP contribution in [0.3, 0.4) is 0 Å². The highest BCUT2D eigenvalue weighted by Gasteiger charge is 2.64. The topological polar surface area (TPSA) is 37.3 Å². The van der Waals surface area contributed by atoms with E-state index in [0.717, 1.165) is 18.3 Å². The summed E-state index contributed by atoms with van der Waals surface area (Å²) >= 11 is 0. The van der Waals surface area contributed by atoms with Crippen molar-refractivity contribution in [1.29, 1.82) is 0 Å². The molecule has 1 N–H and O–H groups in total. The summed E-state index contributed by atoms with van der Waals surface area (Å²) in [7, 11) is 0. The van der Waals surface area contributed by atoms with Crippen molar-refractivity contribution in [3.05, 3.63) is 0 Å². The van der Waals surface area contributed by atoms with Crippen molar-refractivity contribution < 1.29 is 9.90 Å². The maximum Gasteiger partial charge on any atom is 0.306 e. The molecule has 0 aromatic carbocycles. The second-order valence-electron chi connectivity index (χ2n) is 10.0. The molecule has 0 heterocycles. The molecule has 6 atom stereocenters. The van der Waals surface area contributed by atoms with Crippen LogP contribution in [0, 0.1) is 39.9 Å². The molecule has 0 radical (unpaired) electrons. The van der Waals surface area contributed by atoms with Gasteiger partial charge in [0.1, 0.15) is 0 Å². The monoisotopic (exact) mass is 304 g/mol. The number of rotatable bonds is 1. The Hall–Kier alpha value is -0.530. The maximum atomic E-state index is 11.7. The van der Waals surface area contributed by atoms with Gasteiger partial charge in [0, 0.05) is 0 Å². The van der Waals surface area contributed by atoms with E-state index in [1.807, 2.05) is 0 Å². The van der Waals surface area contributed by atoms with Crippen LogP contribution in [0.1, 0.15) is 78.6 Å². The summed E-state index contributed by atoms with van der Waals surface area (Å²) in [4.78, 5) is 11.7. The van der Waals surface area contributed by atoms with Crippen LogP contribution in [-0.2, 0) is 4.79 Å². The van der Waals surface area contributed by atoms with Crippen LogP contribution in [0.4, 0.5) is 0 Å². The van der Waals surface area contributed by atoms with Gasteiger partial charge in [-0.1, -0.05) is 27.2 Å². The molecule has 4 aliphatic carbocycles. The molecule has 0 unspecified atom stereocenters. The molecule has 124 valence electrons. The Balaban J connectivity index is 1.70. The Labute approximate surface area is 135 Å². The lowest BCUT2D eigenvalue weighted by atomic mass is 9.41. The highest BCUT2D eigenvalue weighted by molar-refractivity contribution is 5.71. The third kappa shape index (κ3) is 1.82. The Morgan fingerprint density at radius 2 is 1.73 bits per heavy atom. The van der Waals surface area contributed by atoms with Crippen LogP contribution in [0.25, 0.3) is 0 Å². The summed E-state index contributed by atoms with van der Waals surface area (Å²) in [5.74, 6) is 1.56. The summed E-state index contributed by atoms with van der Waals surface area (Å²) in [5.41, 5.74) is 1.33. The molecule has 0 saturated heterocycles. The molecule has 4 fully saturated rings. The Kier molecular flexibility index (Phi) is 3.08. The van der Waals surface area contributed by atoms with Crippen LogP contribution >= 0.6 is 0 Å². The first-order chi connectivity index (χ1) is 10.3. The minimum absolute atomic E-state index is 0.0400. The smallest absolute Gasteiger partial charge is 0.306 e. The molecule has 2 nitrogen and oxygen atoms in total. The van der Waals surface area contributed by atoms with E-state index in [1.165, 1.54) is 51.4 Å². The quantitative estimate of drug-likeness (QED) is 0.730. The minimum atomic E-state index is -0.515. The Morgan fingerprint density at radius 1 is 0.955 bits per heavy atom. The number of carboxylic acids is 1. The maximum absolute atomic E-state index is 11.7. The largest absolute Gasteiger partial charge is 0.481 e. The van der Waals surface area contributed by atoms with Gasteiger partial charge in [-0.05, 0) is 85.4 Å². The Morgan fingerprint density at radius 3 is 2.45 bits per heavy atom. The summed E-state index contributed by atoms with van der Waals surface area (Å²) < 4.78 is 0. The van der Waals surface area contributed by atoms with Crippen molar-refractivity contribution in [1.82, 2.24) is 0 Å². The molecule has 2 heteroatoms. The van der Waals surface area contributed by atoms with Gasteiger partial charge in [-0.25, -0.2) is 0 Å². The van der Waals surface area contributed by atoms with Gasteiger partial charge in [-0.15, -0.1) is 0 Å². The molecule has 4 saturated carbocycles. The van der Waals surface area contributed by atoms with Gasteiger partial charge in [0.25, 0.3) is 0 Å². The first kappa shape index (κ1) is 15.0. The average molecular weight is 304 g/mol. The van der Waals surface area contributed by atoms with Crippen LogP contribution in [0.15, 0.2) is 0 Å². The molecule has 22 heavy (non-hydrogen) atoms. The number of aliphatic carboxylic acids is 1. The van der Waals surface area contributed by atoms with E-state index >= 15 is 0 Å². The van der Waals surface area contributed by atoms with E-state index < -0.39 is 5.97 Å². The van der Waals surface area contributed by atoms with Crippen molar-refractivity contribution in [2.45, 2.75) is 78.6 Å². The van der Waals surface area contributed by atoms with E-state index in [0.29, 0.717) is 22.2 Å². The molecular formula is C20H32O2. The summed E-state index contributed by atoms with van der Waals surface area (Å²) in [6, 6.07) is 0. The number of carboxylic acid groups (broad SMARTS) is 1. The molecule has 0 aromatic rings. The van der Waals surface area contributed by atoms with Gasteiger partial charge < -0.3 is 5.11 Å². The zero-order valence-electron chi connectivity index (χ0n) is 14.5. The molecule has 2 bridgehead atoms. The molecule has 0 aliphatic heterocycles. The van der Waals surface area contributed by atoms with E-state index in [4.69, 9.17) is 0 Å². The lowest BCUT2D eigenvalue weighted by Gasteiger charge is -2.64. The van der Waals surface area contributed by atoms with Crippen LogP contribution < -0.4 is 0 Å². The predicted octanol–water partition coefficient (Wildman–Crippen LogP) is 5.12. The van der Waals surface area contributed by atoms with Crippen molar-refractivity contribution in [2.24, 2.45) is 39.9 Å². The number of carbonyl (C=O) groups is 1. The lowest BCUT2D eigenvalue weighted by Crippen LogP contribution is -2.55. The van der Waals surface area contributed by atoms with Gasteiger partial charge in [0.15, 0.2) is 0 Å². The molecule has 4 rings (SSSR count). The third-order valence-corrected chi connectivity index (χ3v) is 8.75. The number of hydrogen-bond acceptors (Lipinski definition) is 1.